The number of nitrogens with zero attached hydrogens (tertiary/aromatic N) is 1. The lowest BCUT2D eigenvalue weighted by molar-refractivity contribution is 0.117. The Hall–Kier alpha value is -0.900. The lowest BCUT2D eigenvalue weighted by atomic mass is 10.1. The van der Waals surface area contributed by atoms with Crippen LogP contribution in [0.4, 0.5) is 0 Å². The largest absolute Gasteiger partial charge is 0.387 e. The summed E-state index contributed by atoms with van der Waals surface area (Å²) in [6, 6.07) is 8.02. The third kappa shape index (κ3) is 3.93. The molecule has 0 aliphatic carbocycles. The minimum atomic E-state index is -0.424. The van der Waals surface area contributed by atoms with Gasteiger partial charge in [0.25, 0.3) is 0 Å². The molecule has 3 nitrogen and oxygen atoms in total. The lowest BCUT2D eigenvalue weighted by Crippen LogP contribution is -2.33. The summed E-state index contributed by atoms with van der Waals surface area (Å²) < 4.78 is 0. The number of hydrogen-bond donors (Lipinski definition) is 2. The summed E-state index contributed by atoms with van der Waals surface area (Å²) in [7, 11) is 0. The number of nitrogens with two attached hydrogens (primary N) is 1. The highest BCUT2D eigenvalue weighted by Crippen LogP contribution is 2.14. The van der Waals surface area contributed by atoms with Gasteiger partial charge in [0.2, 0.25) is 0 Å². The first-order valence-corrected chi connectivity index (χ1v) is 5.84. The highest BCUT2D eigenvalue weighted by Gasteiger charge is 2.11. The molecule has 0 amide bonds. The van der Waals surface area contributed by atoms with Crippen molar-refractivity contribution >= 4 is 0 Å². The Morgan fingerprint density at radius 1 is 1.31 bits per heavy atom. The third-order valence-corrected chi connectivity index (χ3v) is 2.79. The summed E-state index contributed by atoms with van der Waals surface area (Å²) in [6.45, 7) is 7.16. The van der Waals surface area contributed by atoms with Crippen LogP contribution in [0.1, 0.15) is 24.2 Å². The monoisotopic (exact) mass is 222 g/mol. The Labute approximate surface area is 97.9 Å². The molecular formula is C13H22N2O. The van der Waals surface area contributed by atoms with Crippen LogP contribution in [0.5, 0.6) is 0 Å². The molecular weight excluding hydrogens is 200 g/mol. The standard InChI is InChI=1S/C13H22N2O/c1-3-15(9-8-14)10-13(16)12-6-4-11(2)5-7-12/h4-7,13,16H,3,8-10,14H2,1-2H3. The molecule has 1 aromatic rings. The van der Waals surface area contributed by atoms with Gasteiger partial charge in [-0.3, -0.25) is 4.90 Å². The second-order valence-corrected chi connectivity index (χ2v) is 4.11. The Morgan fingerprint density at radius 2 is 1.94 bits per heavy atom. The molecule has 0 heterocycles. The van der Waals surface area contributed by atoms with Gasteiger partial charge in [-0.25, -0.2) is 0 Å². The van der Waals surface area contributed by atoms with Crippen molar-refractivity contribution in [1.82, 2.24) is 4.90 Å². The predicted octanol–water partition coefficient (Wildman–Crippen LogP) is 1.31. The molecule has 1 unspecified atom stereocenters. The van der Waals surface area contributed by atoms with Gasteiger partial charge >= 0.3 is 0 Å². The van der Waals surface area contributed by atoms with Crippen molar-refractivity contribution in [3.8, 4) is 0 Å². The zero-order chi connectivity index (χ0) is 12.0. The van der Waals surface area contributed by atoms with Crippen LogP contribution < -0.4 is 5.73 Å². The van der Waals surface area contributed by atoms with Crippen LogP contribution in [0.3, 0.4) is 0 Å². The smallest absolute Gasteiger partial charge is 0.0916 e. The van der Waals surface area contributed by atoms with Crippen molar-refractivity contribution in [3.05, 3.63) is 35.4 Å². The topological polar surface area (TPSA) is 49.5 Å². The van der Waals surface area contributed by atoms with Gasteiger partial charge in [-0.2, -0.15) is 0 Å². The minimum absolute atomic E-state index is 0.424. The van der Waals surface area contributed by atoms with E-state index in [0.29, 0.717) is 13.1 Å². The summed E-state index contributed by atoms with van der Waals surface area (Å²) in [6.07, 6.45) is -0.424. The van der Waals surface area contributed by atoms with Crippen LogP contribution in [0.25, 0.3) is 0 Å². The maximum atomic E-state index is 10.1. The van der Waals surface area contributed by atoms with Crippen LogP contribution in [0.15, 0.2) is 24.3 Å². The summed E-state index contributed by atoms with van der Waals surface area (Å²) in [5.74, 6) is 0. The average Bonchev–Trinajstić information content (AvgIpc) is 2.29. The van der Waals surface area contributed by atoms with Gasteiger partial charge in [0, 0.05) is 19.6 Å². The number of benzene rings is 1. The number of aliphatic hydroxyl groups excluding tert-OH is 1. The van der Waals surface area contributed by atoms with E-state index in [-0.39, 0.29) is 0 Å². The third-order valence-electron chi connectivity index (χ3n) is 2.79. The molecule has 1 atom stereocenters. The van der Waals surface area contributed by atoms with Crippen LogP contribution in [0, 0.1) is 6.92 Å². The molecule has 0 saturated heterocycles. The molecule has 0 saturated carbocycles. The minimum Gasteiger partial charge on any atom is -0.387 e. The summed E-state index contributed by atoms with van der Waals surface area (Å²) in [5, 5.41) is 10.1. The van der Waals surface area contributed by atoms with E-state index in [4.69, 9.17) is 5.73 Å². The lowest BCUT2D eigenvalue weighted by Gasteiger charge is -2.23. The number of aliphatic hydroxyl groups is 1. The van der Waals surface area contributed by atoms with Gasteiger partial charge in [0.05, 0.1) is 6.10 Å². The van der Waals surface area contributed by atoms with E-state index < -0.39 is 6.10 Å². The first-order valence-electron chi connectivity index (χ1n) is 5.84. The Balaban J connectivity index is 2.56. The molecule has 90 valence electrons. The van der Waals surface area contributed by atoms with Gasteiger partial charge in [0.15, 0.2) is 0 Å². The maximum Gasteiger partial charge on any atom is 0.0916 e. The van der Waals surface area contributed by atoms with Crippen LogP contribution >= 0.6 is 0 Å². The number of aryl methyl sites for hydroxylation is 1. The molecule has 0 radical (unpaired) electrons. The highest BCUT2D eigenvalue weighted by atomic mass is 16.3. The van der Waals surface area contributed by atoms with Gasteiger partial charge in [-0.05, 0) is 19.0 Å². The summed E-state index contributed by atoms with van der Waals surface area (Å²) in [4.78, 5) is 2.16. The molecule has 0 aliphatic rings. The molecule has 3 N–H and O–H groups in total. The summed E-state index contributed by atoms with van der Waals surface area (Å²) >= 11 is 0. The van der Waals surface area contributed by atoms with Crippen LogP contribution in [-0.2, 0) is 0 Å². The predicted molar refractivity (Wildman–Crippen MR) is 67.3 cm³/mol. The number of rotatable bonds is 6. The fraction of sp³-hybridized carbons (Fsp3) is 0.538. The molecule has 0 fully saturated rings. The van der Waals surface area contributed by atoms with Gasteiger partial charge < -0.3 is 10.8 Å². The van der Waals surface area contributed by atoms with E-state index in [9.17, 15) is 5.11 Å². The SMILES string of the molecule is CCN(CCN)CC(O)c1ccc(C)cc1. The zero-order valence-electron chi connectivity index (χ0n) is 10.2. The van der Waals surface area contributed by atoms with E-state index in [2.05, 4.69) is 11.8 Å². The molecule has 0 aliphatic heterocycles. The Morgan fingerprint density at radius 3 is 2.44 bits per heavy atom. The van der Waals surface area contributed by atoms with Crippen molar-refractivity contribution in [1.29, 1.82) is 0 Å². The van der Waals surface area contributed by atoms with Gasteiger partial charge in [-0.1, -0.05) is 36.8 Å². The highest BCUT2D eigenvalue weighted by molar-refractivity contribution is 5.23. The molecule has 0 bridgehead atoms. The first-order chi connectivity index (χ1) is 7.67. The second-order valence-electron chi connectivity index (χ2n) is 4.11. The van der Waals surface area contributed by atoms with Crippen LogP contribution in [-0.4, -0.2) is 36.2 Å². The van der Waals surface area contributed by atoms with Gasteiger partial charge in [0.1, 0.15) is 0 Å². The molecule has 0 aromatic heterocycles. The fourth-order valence-corrected chi connectivity index (χ4v) is 1.70. The maximum absolute atomic E-state index is 10.1. The average molecular weight is 222 g/mol. The molecule has 1 aromatic carbocycles. The van der Waals surface area contributed by atoms with Crippen molar-refractivity contribution < 1.29 is 5.11 Å². The Kier molecular flexibility index (Phi) is 5.46. The normalized spacial score (nSPS) is 13.1. The van der Waals surface area contributed by atoms with Crippen molar-refractivity contribution in [2.24, 2.45) is 5.73 Å². The molecule has 16 heavy (non-hydrogen) atoms. The Bertz CT molecular complexity index is 297. The van der Waals surface area contributed by atoms with E-state index in [1.54, 1.807) is 0 Å². The van der Waals surface area contributed by atoms with Crippen LogP contribution in [0.2, 0.25) is 0 Å². The van der Waals surface area contributed by atoms with E-state index in [1.165, 1.54) is 5.56 Å². The number of hydrogen-bond acceptors (Lipinski definition) is 3. The van der Waals surface area contributed by atoms with E-state index >= 15 is 0 Å². The molecule has 3 heteroatoms. The molecule has 1 rings (SSSR count). The van der Waals surface area contributed by atoms with Gasteiger partial charge in [-0.15, -0.1) is 0 Å². The van der Waals surface area contributed by atoms with E-state index in [1.807, 2.05) is 31.2 Å². The zero-order valence-corrected chi connectivity index (χ0v) is 10.2. The fourth-order valence-electron chi connectivity index (χ4n) is 1.70. The number of likely N-dealkylation sites (N-methyl/N-ethyl adjacent to an activating group) is 1. The molecule has 0 spiro atoms. The van der Waals surface area contributed by atoms with E-state index in [0.717, 1.165) is 18.7 Å². The summed E-state index contributed by atoms with van der Waals surface area (Å²) in [5.41, 5.74) is 7.70. The van der Waals surface area contributed by atoms with Crippen molar-refractivity contribution in [2.75, 3.05) is 26.2 Å². The van der Waals surface area contributed by atoms with Crippen molar-refractivity contribution in [2.45, 2.75) is 20.0 Å². The quantitative estimate of drug-likeness (QED) is 0.763. The van der Waals surface area contributed by atoms with Crippen molar-refractivity contribution in [3.63, 3.8) is 0 Å². The second kappa shape index (κ2) is 6.63. The first kappa shape index (κ1) is 13.2.